The molecule has 1 aromatic carbocycles. The number of halogens is 1. The highest BCUT2D eigenvalue weighted by atomic mass is 79.9. The van der Waals surface area contributed by atoms with Crippen LogP contribution in [0, 0.1) is 0 Å². The van der Waals surface area contributed by atoms with Gasteiger partial charge in [-0.25, -0.2) is 9.97 Å². The Hall–Kier alpha value is -2.03. The van der Waals surface area contributed by atoms with E-state index in [0.717, 1.165) is 20.9 Å². The largest absolute Gasteiger partial charge is 0.287 e. The summed E-state index contributed by atoms with van der Waals surface area (Å²) < 4.78 is 2.59. The van der Waals surface area contributed by atoms with Crippen molar-refractivity contribution in [3.05, 3.63) is 68.5 Å². The molecule has 136 valence electrons. The number of pyridine rings is 1. The van der Waals surface area contributed by atoms with E-state index >= 15 is 0 Å². The van der Waals surface area contributed by atoms with Crippen LogP contribution in [0.5, 0.6) is 0 Å². The highest BCUT2D eigenvalue weighted by Gasteiger charge is 2.12. The van der Waals surface area contributed by atoms with E-state index in [4.69, 9.17) is 4.98 Å². The third-order valence-electron chi connectivity index (χ3n) is 3.98. The van der Waals surface area contributed by atoms with Crippen molar-refractivity contribution >= 4 is 49.9 Å². The van der Waals surface area contributed by atoms with E-state index in [1.807, 2.05) is 48.7 Å². The summed E-state index contributed by atoms with van der Waals surface area (Å²) in [6, 6.07) is 11.4. The van der Waals surface area contributed by atoms with Crippen LogP contribution in [0.15, 0.2) is 62.4 Å². The van der Waals surface area contributed by atoms with Gasteiger partial charge >= 0.3 is 0 Å². The standard InChI is InChI=1S/C19H15BrN4OS2/c1-2-24-18(25)14-9-12(20)6-7-15(14)23-19(24)27-11-13-10-26-17(22-13)16-5-3-4-8-21-16/h3-10H,2,11H2,1H3. The summed E-state index contributed by atoms with van der Waals surface area (Å²) in [5.41, 5.74) is 2.53. The summed E-state index contributed by atoms with van der Waals surface area (Å²) in [7, 11) is 0. The van der Waals surface area contributed by atoms with Crippen LogP contribution < -0.4 is 5.56 Å². The number of hydrogen-bond acceptors (Lipinski definition) is 6. The van der Waals surface area contributed by atoms with Crippen molar-refractivity contribution in [2.24, 2.45) is 0 Å². The first-order valence-corrected chi connectivity index (χ1v) is 11.0. The third-order valence-corrected chi connectivity index (χ3v) is 6.40. The molecule has 3 heterocycles. The van der Waals surface area contributed by atoms with Gasteiger partial charge in [-0.3, -0.25) is 14.3 Å². The normalized spacial score (nSPS) is 11.2. The Labute approximate surface area is 172 Å². The van der Waals surface area contributed by atoms with Gasteiger partial charge in [0.25, 0.3) is 5.56 Å². The Kier molecular flexibility index (Phi) is 5.38. The van der Waals surface area contributed by atoms with Crippen molar-refractivity contribution in [2.75, 3.05) is 0 Å². The predicted molar refractivity (Wildman–Crippen MR) is 114 cm³/mol. The Morgan fingerprint density at radius 2 is 2.11 bits per heavy atom. The molecule has 4 rings (SSSR count). The minimum absolute atomic E-state index is 0.0150. The fourth-order valence-electron chi connectivity index (χ4n) is 2.68. The van der Waals surface area contributed by atoms with Crippen molar-refractivity contribution in [2.45, 2.75) is 24.4 Å². The lowest BCUT2D eigenvalue weighted by Gasteiger charge is -2.10. The summed E-state index contributed by atoms with van der Waals surface area (Å²) in [6.45, 7) is 2.53. The third kappa shape index (κ3) is 3.83. The van der Waals surface area contributed by atoms with E-state index < -0.39 is 0 Å². The molecule has 0 saturated heterocycles. The van der Waals surface area contributed by atoms with Crippen molar-refractivity contribution < 1.29 is 0 Å². The second kappa shape index (κ2) is 7.92. The molecule has 0 N–H and O–H groups in total. The van der Waals surface area contributed by atoms with Gasteiger partial charge < -0.3 is 0 Å². The van der Waals surface area contributed by atoms with Gasteiger partial charge in [-0.05, 0) is 37.3 Å². The number of aromatic nitrogens is 4. The molecule has 27 heavy (non-hydrogen) atoms. The average Bonchev–Trinajstić information content (AvgIpc) is 3.17. The van der Waals surface area contributed by atoms with E-state index in [1.54, 1.807) is 22.1 Å². The van der Waals surface area contributed by atoms with Crippen molar-refractivity contribution in [3.8, 4) is 10.7 Å². The molecular weight excluding hydrogens is 444 g/mol. The number of thioether (sulfide) groups is 1. The highest BCUT2D eigenvalue weighted by molar-refractivity contribution is 9.10. The molecule has 4 aromatic rings. The molecule has 0 amide bonds. The summed E-state index contributed by atoms with van der Waals surface area (Å²) in [5.74, 6) is 0.651. The Balaban J connectivity index is 1.62. The molecule has 0 aliphatic carbocycles. The maximum absolute atomic E-state index is 12.8. The van der Waals surface area contributed by atoms with Crippen molar-refractivity contribution in [1.29, 1.82) is 0 Å². The molecule has 0 fully saturated rings. The zero-order valence-corrected chi connectivity index (χ0v) is 17.6. The van der Waals surface area contributed by atoms with Gasteiger partial charge in [-0.1, -0.05) is 33.8 Å². The number of benzene rings is 1. The van der Waals surface area contributed by atoms with E-state index in [2.05, 4.69) is 25.9 Å². The summed E-state index contributed by atoms with van der Waals surface area (Å²) in [5, 5.41) is 4.27. The zero-order valence-electron chi connectivity index (χ0n) is 14.4. The Morgan fingerprint density at radius 3 is 2.89 bits per heavy atom. The maximum Gasteiger partial charge on any atom is 0.262 e. The van der Waals surface area contributed by atoms with Gasteiger partial charge in [0.15, 0.2) is 5.16 Å². The fourth-order valence-corrected chi connectivity index (χ4v) is 4.90. The first-order chi connectivity index (χ1) is 13.2. The van der Waals surface area contributed by atoms with Gasteiger partial charge in [0, 0.05) is 28.3 Å². The molecule has 0 radical (unpaired) electrons. The van der Waals surface area contributed by atoms with Gasteiger partial charge in [0.1, 0.15) is 5.01 Å². The monoisotopic (exact) mass is 458 g/mol. The van der Waals surface area contributed by atoms with Crippen LogP contribution in [0.2, 0.25) is 0 Å². The topological polar surface area (TPSA) is 60.7 Å². The van der Waals surface area contributed by atoms with Crippen LogP contribution in [-0.2, 0) is 12.3 Å². The number of nitrogens with zero attached hydrogens (tertiary/aromatic N) is 4. The van der Waals surface area contributed by atoms with Crippen LogP contribution in [-0.4, -0.2) is 19.5 Å². The average molecular weight is 459 g/mol. The van der Waals surface area contributed by atoms with Crippen molar-refractivity contribution in [3.63, 3.8) is 0 Å². The van der Waals surface area contributed by atoms with Crippen LogP contribution in [0.3, 0.4) is 0 Å². The van der Waals surface area contributed by atoms with Crippen LogP contribution in [0.4, 0.5) is 0 Å². The predicted octanol–water partition coefficient (Wildman–Crippen LogP) is 4.99. The lowest BCUT2D eigenvalue weighted by Crippen LogP contribution is -2.22. The van der Waals surface area contributed by atoms with Gasteiger partial charge in [0.05, 0.1) is 22.3 Å². The molecule has 0 saturated carbocycles. The summed E-state index contributed by atoms with van der Waals surface area (Å²) >= 11 is 6.53. The summed E-state index contributed by atoms with van der Waals surface area (Å²) in [4.78, 5) is 26.5. The Bertz CT molecular complexity index is 1160. The van der Waals surface area contributed by atoms with Gasteiger partial charge in [0.2, 0.25) is 0 Å². The lowest BCUT2D eigenvalue weighted by molar-refractivity contribution is 0.634. The first-order valence-electron chi connectivity index (χ1n) is 8.34. The molecule has 5 nitrogen and oxygen atoms in total. The highest BCUT2D eigenvalue weighted by Crippen LogP contribution is 2.27. The second-order valence-corrected chi connectivity index (χ2v) is 8.47. The minimum atomic E-state index is -0.0150. The van der Waals surface area contributed by atoms with Crippen molar-refractivity contribution in [1.82, 2.24) is 19.5 Å². The van der Waals surface area contributed by atoms with Crippen LogP contribution >= 0.6 is 39.0 Å². The van der Waals surface area contributed by atoms with Crippen LogP contribution in [0.25, 0.3) is 21.6 Å². The molecule has 0 unspecified atom stereocenters. The second-order valence-electron chi connectivity index (χ2n) is 5.75. The molecular formula is C19H15BrN4OS2. The Morgan fingerprint density at radius 1 is 1.22 bits per heavy atom. The van der Waals surface area contributed by atoms with E-state index in [0.29, 0.717) is 28.4 Å². The molecule has 0 bridgehead atoms. The molecule has 0 spiro atoms. The fraction of sp³-hybridized carbons (Fsp3) is 0.158. The van der Waals surface area contributed by atoms with E-state index in [-0.39, 0.29) is 5.56 Å². The summed E-state index contributed by atoms with van der Waals surface area (Å²) in [6.07, 6.45) is 1.77. The molecule has 0 aliphatic rings. The molecule has 0 aliphatic heterocycles. The van der Waals surface area contributed by atoms with Gasteiger partial charge in [-0.15, -0.1) is 11.3 Å². The molecule has 8 heteroatoms. The van der Waals surface area contributed by atoms with Crippen LogP contribution in [0.1, 0.15) is 12.6 Å². The van der Waals surface area contributed by atoms with Gasteiger partial charge in [-0.2, -0.15) is 0 Å². The SMILES string of the molecule is CCn1c(SCc2csc(-c3ccccn3)n2)nc2ccc(Br)cc2c1=O. The quantitative estimate of drug-likeness (QED) is 0.311. The maximum atomic E-state index is 12.8. The minimum Gasteiger partial charge on any atom is -0.287 e. The lowest BCUT2D eigenvalue weighted by atomic mass is 10.2. The number of rotatable bonds is 5. The molecule has 3 aromatic heterocycles. The first kappa shape index (κ1) is 18.3. The number of thiazole rings is 1. The number of fused-ring (bicyclic) bond motifs is 1. The molecule has 0 atom stereocenters. The number of hydrogen-bond donors (Lipinski definition) is 0. The zero-order chi connectivity index (χ0) is 18.8. The van der Waals surface area contributed by atoms with E-state index in [1.165, 1.54) is 11.8 Å². The smallest absolute Gasteiger partial charge is 0.262 e. The van der Waals surface area contributed by atoms with E-state index in [9.17, 15) is 4.79 Å².